The van der Waals surface area contributed by atoms with Gasteiger partial charge in [0.25, 0.3) is 0 Å². The maximum atomic E-state index is 12.9. The Bertz CT molecular complexity index is 702. The van der Waals surface area contributed by atoms with Gasteiger partial charge in [-0.1, -0.05) is 12.1 Å². The highest BCUT2D eigenvalue weighted by Crippen LogP contribution is 2.29. The standard InChI is InChI=1S/C15H12FN3OS/c16-10-5-7-11(8-6-10)17-15(21)19-9-14(20)18-12-3-1-2-4-13(12)19/h1-8H,9H2,(H,17,21)(H,18,20). The first kappa shape index (κ1) is 13.5. The average Bonchev–Trinajstić information content (AvgIpc) is 2.48. The minimum absolute atomic E-state index is 0.128. The van der Waals surface area contributed by atoms with Crippen molar-refractivity contribution in [1.29, 1.82) is 0 Å². The second kappa shape index (κ2) is 5.49. The molecule has 0 atom stereocenters. The van der Waals surface area contributed by atoms with E-state index >= 15 is 0 Å². The Morgan fingerprint density at radius 1 is 1.19 bits per heavy atom. The molecule has 0 aliphatic carbocycles. The number of hydrogen-bond donors (Lipinski definition) is 2. The fourth-order valence-corrected chi connectivity index (χ4v) is 2.42. The summed E-state index contributed by atoms with van der Waals surface area (Å²) in [6.45, 7) is 0.143. The summed E-state index contributed by atoms with van der Waals surface area (Å²) in [4.78, 5) is 13.5. The molecule has 0 fully saturated rings. The molecular weight excluding hydrogens is 289 g/mol. The Labute approximate surface area is 126 Å². The molecule has 0 unspecified atom stereocenters. The van der Waals surface area contributed by atoms with Gasteiger partial charge in [0.05, 0.1) is 11.4 Å². The zero-order chi connectivity index (χ0) is 14.8. The Hall–Kier alpha value is -2.47. The molecule has 2 aromatic rings. The third-order valence-electron chi connectivity index (χ3n) is 3.11. The van der Waals surface area contributed by atoms with Gasteiger partial charge in [0, 0.05) is 5.69 Å². The Morgan fingerprint density at radius 3 is 2.67 bits per heavy atom. The molecule has 1 aliphatic heterocycles. The summed E-state index contributed by atoms with van der Waals surface area (Å²) in [5.74, 6) is -0.439. The molecule has 0 aromatic heterocycles. The topological polar surface area (TPSA) is 44.4 Å². The summed E-state index contributed by atoms with van der Waals surface area (Å²) in [6.07, 6.45) is 0. The number of benzene rings is 2. The number of rotatable bonds is 1. The molecule has 6 heteroatoms. The van der Waals surface area contributed by atoms with E-state index in [1.54, 1.807) is 17.0 Å². The highest BCUT2D eigenvalue weighted by Gasteiger charge is 2.24. The second-order valence-corrected chi connectivity index (χ2v) is 4.98. The summed E-state index contributed by atoms with van der Waals surface area (Å²) in [7, 11) is 0. The predicted octanol–water partition coefficient (Wildman–Crippen LogP) is 2.98. The van der Waals surface area contributed by atoms with E-state index in [0.717, 1.165) is 11.4 Å². The normalized spacial score (nSPS) is 13.4. The lowest BCUT2D eigenvalue weighted by molar-refractivity contribution is -0.115. The number of carbonyl (C=O) groups excluding carboxylic acids is 1. The Kier molecular flexibility index (Phi) is 3.53. The minimum Gasteiger partial charge on any atom is -0.332 e. The molecule has 2 aromatic carbocycles. The van der Waals surface area contributed by atoms with Gasteiger partial charge in [0.1, 0.15) is 12.4 Å². The molecule has 0 bridgehead atoms. The predicted molar refractivity (Wildman–Crippen MR) is 85.0 cm³/mol. The zero-order valence-electron chi connectivity index (χ0n) is 11.0. The summed E-state index contributed by atoms with van der Waals surface area (Å²) < 4.78 is 12.9. The molecule has 21 heavy (non-hydrogen) atoms. The van der Waals surface area contributed by atoms with Gasteiger partial charge < -0.3 is 15.5 Å². The van der Waals surface area contributed by atoms with E-state index in [4.69, 9.17) is 12.2 Å². The van der Waals surface area contributed by atoms with Gasteiger partial charge in [-0.05, 0) is 48.6 Å². The summed E-state index contributed by atoms with van der Waals surface area (Å²) in [5.41, 5.74) is 2.22. The van der Waals surface area contributed by atoms with E-state index in [2.05, 4.69) is 10.6 Å². The maximum Gasteiger partial charge on any atom is 0.244 e. The monoisotopic (exact) mass is 301 g/mol. The van der Waals surface area contributed by atoms with Crippen LogP contribution in [0.3, 0.4) is 0 Å². The van der Waals surface area contributed by atoms with Crippen molar-refractivity contribution in [2.45, 2.75) is 0 Å². The van der Waals surface area contributed by atoms with Crippen LogP contribution in [0.4, 0.5) is 21.5 Å². The van der Waals surface area contributed by atoms with Crippen LogP contribution in [0.1, 0.15) is 0 Å². The number of nitrogens with zero attached hydrogens (tertiary/aromatic N) is 1. The van der Waals surface area contributed by atoms with E-state index < -0.39 is 0 Å². The number of hydrogen-bond acceptors (Lipinski definition) is 2. The minimum atomic E-state index is -0.311. The third kappa shape index (κ3) is 2.85. The van der Waals surface area contributed by atoms with Crippen molar-refractivity contribution in [3.63, 3.8) is 0 Å². The summed E-state index contributed by atoms with van der Waals surface area (Å²) in [5, 5.41) is 6.20. The number of para-hydroxylation sites is 2. The first-order chi connectivity index (χ1) is 10.1. The number of amides is 1. The number of nitrogens with one attached hydrogen (secondary N) is 2. The zero-order valence-corrected chi connectivity index (χ0v) is 11.8. The number of fused-ring (bicyclic) bond motifs is 1. The van der Waals surface area contributed by atoms with E-state index in [0.29, 0.717) is 10.8 Å². The molecule has 0 saturated carbocycles. The van der Waals surface area contributed by atoms with E-state index in [-0.39, 0.29) is 18.3 Å². The van der Waals surface area contributed by atoms with Gasteiger partial charge in [0.2, 0.25) is 5.91 Å². The van der Waals surface area contributed by atoms with Crippen LogP contribution in [0, 0.1) is 5.82 Å². The van der Waals surface area contributed by atoms with Crippen molar-refractivity contribution in [3.05, 3.63) is 54.3 Å². The van der Waals surface area contributed by atoms with Crippen molar-refractivity contribution in [2.75, 3.05) is 22.1 Å². The SMILES string of the molecule is O=C1CN(C(=S)Nc2ccc(F)cc2)c2ccccc2N1. The van der Waals surface area contributed by atoms with Gasteiger partial charge in [0.15, 0.2) is 5.11 Å². The largest absolute Gasteiger partial charge is 0.332 e. The number of carbonyl (C=O) groups is 1. The van der Waals surface area contributed by atoms with Crippen LogP contribution in [-0.2, 0) is 4.79 Å². The molecule has 1 heterocycles. The van der Waals surface area contributed by atoms with Crippen LogP contribution < -0.4 is 15.5 Å². The Balaban J connectivity index is 1.84. The van der Waals surface area contributed by atoms with Crippen LogP contribution in [0.2, 0.25) is 0 Å². The van der Waals surface area contributed by atoms with Crippen molar-refractivity contribution >= 4 is 40.3 Å². The summed E-state index contributed by atoms with van der Waals surface area (Å²) in [6, 6.07) is 13.3. The van der Waals surface area contributed by atoms with Crippen LogP contribution in [-0.4, -0.2) is 17.6 Å². The van der Waals surface area contributed by atoms with Crippen molar-refractivity contribution in [2.24, 2.45) is 0 Å². The first-order valence-corrected chi connectivity index (χ1v) is 6.77. The average molecular weight is 301 g/mol. The van der Waals surface area contributed by atoms with E-state index in [1.165, 1.54) is 12.1 Å². The maximum absolute atomic E-state index is 12.9. The molecule has 3 rings (SSSR count). The molecule has 4 nitrogen and oxygen atoms in total. The smallest absolute Gasteiger partial charge is 0.244 e. The molecule has 0 radical (unpaired) electrons. The van der Waals surface area contributed by atoms with Gasteiger partial charge in [-0.15, -0.1) is 0 Å². The highest BCUT2D eigenvalue weighted by atomic mass is 32.1. The van der Waals surface area contributed by atoms with Gasteiger partial charge >= 0.3 is 0 Å². The lowest BCUT2D eigenvalue weighted by atomic mass is 10.2. The van der Waals surface area contributed by atoms with Crippen molar-refractivity contribution in [3.8, 4) is 0 Å². The van der Waals surface area contributed by atoms with Crippen molar-refractivity contribution in [1.82, 2.24) is 0 Å². The molecule has 1 aliphatic rings. The second-order valence-electron chi connectivity index (χ2n) is 4.59. The van der Waals surface area contributed by atoms with Gasteiger partial charge in [-0.25, -0.2) is 4.39 Å². The molecule has 1 amide bonds. The van der Waals surface area contributed by atoms with Gasteiger partial charge in [-0.3, -0.25) is 4.79 Å². The first-order valence-electron chi connectivity index (χ1n) is 6.36. The number of halogens is 1. The fourth-order valence-electron chi connectivity index (χ4n) is 2.14. The molecule has 106 valence electrons. The molecule has 0 saturated heterocycles. The Morgan fingerprint density at radius 2 is 1.90 bits per heavy atom. The van der Waals surface area contributed by atoms with Crippen molar-refractivity contribution < 1.29 is 9.18 Å². The van der Waals surface area contributed by atoms with Crippen LogP contribution in [0.15, 0.2) is 48.5 Å². The van der Waals surface area contributed by atoms with Crippen LogP contribution in [0.5, 0.6) is 0 Å². The van der Waals surface area contributed by atoms with E-state index in [1.807, 2.05) is 24.3 Å². The molecule has 0 spiro atoms. The lowest BCUT2D eigenvalue weighted by Gasteiger charge is -2.31. The lowest BCUT2D eigenvalue weighted by Crippen LogP contribution is -2.44. The van der Waals surface area contributed by atoms with Crippen LogP contribution in [0.25, 0.3) is 0 Å². The summed E-state index contributed by atoms with van der Waals surface area (Å²) >= 11 is 5.36. The fraction of sp³-hybridized carbons (Fsp3) is 0.0667. The number of thiocarbonyl (C=S) groups is 1. The van der Waals surface area contributed by atoms with E-state index in [9.17, 15) is 9.18 Å². The molecule has 2 N–H and O–H groups in total. The van der Waals surface area contributed by atoms with Gasteiger partial charge in [-0.2, -0.15) is 0 Å². The third-order valence-corrected chi connectivity index (χ3v) is 3.43. The van der Waals surface area contributed by atoms with Crippen LogP contribution >= 0.6 is 12.2 Å². The quantitative estimate of drug-likeness (QED) is 0.795. The molecular formula is C15H12FN3OS. The number of anilines is 3. The highest BCUT2D eigenvalue weighted by molar-refractivity contribution is 7.80.